The molecule has 0 spiro atoms. The summed E-state index contributed by atoms with van der Waals surface area (Å²) in [5.74, 6) is -0.0602. The summed E-state index contributed by atoms with van der Waals surface area (Å²) in [6.45, 7) is 0.245. The van der Waals surface area contributed by atoms with Crippen molar-refractivity contribution in [2.24, 2.45) is 0 Å². The van der Waals surface area contributed by atoms with Crippen LogP contribution in [0.25, 0.3) is 0 Å². The maximum atomic E-state index is 10.8. The highest BCUT2D eigenvalue weighted by atomic mass is 32.1. The van der Waals surface area contributed by atoms with Crippen LogP contribution in [0, 0.1) is 0 Å². The molecule has 12 heavy (non-hydrogen) atoms. The summed E-state index contributed by atoms with van der Waals surface area (Å²) in [4.78, 5) is 10.8. The molecule has 0 unspecified atom stereocenters. The van der Waals surface area contributed by atoms with Gasteiger partial charge in [-0.05, 0) is 25.1 Å². The number of thiocarbonyl (C=S) groups is 1. The summed E-state index contributed by atoms with van der Waals surface area (Å²) >= 11 is 4.93. The van der Waals surface area contributed by atoms with E-state index >= 15 is 0 Å². The second kappa shape index (κ2) is 4.25. The molecule has 0 aromatic carbocycles. The van der Waals surface area contributed by atoms with Crippen LogP contribution >= 0.6 is 12.2 Å². The molecule has 0 radical (unpaired) electrons. The number of likely N-dealkylation sites (N-methyl/N-ethyl adjacent to an activating group) is 1. The van der Waals surface area contributed by atoms with Gasteiger partial charge in [0.2, 0.25) is 5.91 Å². The van der Waals surface area contributed by atoms with Crippen LogP contribution in [0.4, 0.5) is 0 Å². The Morgan fingerprint density at radius 2 is 2.25 bits per heavy atom. The fourth-order valence-corrected chi connectivity index (χ4v) is 0.952. The van der Waals surface area contributed by atoms with E-state index in [1.54, 1.807) is 7.05 Å². The van der Waals surface area contributed by atoms with Gasteiger partial charge in [0, 0.05) is 13.1 Å². The Morgan fingerprint density at radius 3 is 2.75 bits per heavy atom. The Balaban J connectivity index is 2.04. The van der Waals surface area contributed by atoms with E-state index in [1.165, 1.54) is 12.8 Å². The van der Waals surface area contributed by atoms with E-state index in [2.05, 4.69) is 16.0 Å². The lowest BCUT2D eigenvalue weighted by Gasteiger charge is -2.07. The summed E-state index contributed by atoms with van der Waals surface area (Å²) in [6.07, 6.45) is 2.36. The molecule has 1 aliphatic carbocycles. The van der Waals surface area contributed by atoms with Gasteiger partial charge in [0.15, 0.2) is 5.11 Å². The first-order chi connectivity index (χ1) is 5.72. The molecule has 0 aromatic rings. The summed E-state index contributed by atoms with van der Waals surface area (Å²) in [5.41, 5.74) is 0. The minimum atomic E-state index is -0.0602. The normalized spacial score (nSPS) is 15.1. The number of hydrogen-bond donors (Lipinski definition) is 3. The van der Waals surface area contributed by atoms with Crippen molar-refractivity contribution in [3.63, 3.8) is 0 Å². The molecule has 0 heterocycles. The molecule has 0 saturated heterocycles. The molecule has 1 aliphatic rings. The number of nitrogens with one attached hydrogen (secondary N) is 3. The Bertz CT molecular complexity index is 191. The molecule has 0 bridgehead atoms. The number of carbonyl (C=O) groups is 1. The van der Waals surface area contributed by atoms with Gasteiger partial charge in [-0.15, -0.1) is 0 Å². The lowest BCUT2D eigenvalue weighted by atomic mass is 10.6. The Hall–Kier alpha value is -0.840. The van der Waals surface area contributed by atoms with Crippen molar-refractivity contribution in [1.82, 2.24) is 16.0 Å². The molecule has 1 saturated carbocycles. The Morgan fingerprint density at radius 1 is 1.58 bits per heavy atom. The Labute approximate surface area is 77.1 Å². The highest BCUT2D eigenvalue weighted by molar-refractivity contribution is 7.80. The monoisotopic (exact) mass is 187 g/mol. The third kappa shape index (κ3) is 3.52. The van der Waals surface area contributed by atoms with Crippen molar-refractivity contribution >= 4 is 23.2 Å². The van der Waals surface area contributed by atoms with Crippen LogP contribution in [-0.4, -0.2) is 30.7 Å². The fraction of sp³-hybridized carbons (Fsp3) is 0.714. The van der Waals surface area contributed by atoms with Gasteiger partial charge in [0.05, 0.1) is 6.54 Å². The van der Waals surface area contributed by atoms with Gasteiger partial charge in [-0.1, -0.05) is 0 Å². The smallest absolute Gasteiger partial charge is 0.239 e. The molecule has 3 N–H and O–H groups in total. The molecule has 0 aliphatic heterocycles. The van der Waals surface area contributed by atoms with Gasteiger partial charge in [0.1, 0.15) is 0 Å². The molecule has 1 rings (SSSR count). The van der Waals surface area contributed by atoms with E-state index in [4.69, 9.17) is 12.2 Å². The number of rotatable bonds is 3. The van der Waals surface area contributed by atoms with Crippen LogP contribution in [0.15, 0.2) is 0 Å². The lowest BCUT2D eigenvalue weighted by Crippen LogP contribution is -2.41. The zero-order valence-electron chi connectivity index (χ0n) is 7.02. The minimum Gasteiger partial charge on any atom is -0.360 e. The van der Waals surface area contributed by atoms with Crippen LogP contribution in [0.3, 0.4) is 0 Å². The first-order valence-electron chi connectivity index (χ1n) is 3.97. The largest absolute Gasteiger partial charge is 0.360 e. The maximum Gasteiger partial charge on any atom is 0.239 e. The van der Waals surface area contributed by atoms with E-state index in [0.717, 1.165) is 0 Å². The van der Waals surface area contributed by atoms with E-state index in [1.807, 2.05) is 0 Å². The maximum absolute atomic E-state index is 10.8. The lowest BCUT2D eigenvalue weighted by molar-refractivity contribution is -0.119. The molecule has 5 heteroatoms. The molecule has 0 atom stereocenters. The van der Waals surface area contributed by atoms with E-state index in [-0.39, 0.29) is 12.5 Å². The zero-order chi connectivity index (χ0) is 8.97. The average molecular weight is 187 g/mol. The third-order valence-corrected chi connectivity index (χ3v) is 1.86. The SMILES string of the molecule is CNC(=O)CNC(=S)NC1CC1. The standard InChI is InChI=1S/C7H13N3OS/c1-8-6(11)4-9-7(12)10-5-2-3-5/h5H,2-4H2,1H3,(H,8,11)(H2,9,10,12). The summed E-state index contributed by atoms with van der Waals surface area (Å²) < 4.78 is 0. The summed E-state index contributed by atoms with van der Waals surface area (Å²) in [5, 5.41) is 8.96. The quantitative estimate of drug-likeness (QED) is 0.514. The van der Waals surface area contributed by atoms with Crippen LogP contribution in [0.1, 0.15) is 12.8 Å². The molecular formula is C7H13N3OS. The second-order valence-corrected chi connectivity index (χ2v) is 3.18. The molecular weight excluding hydrogens is 174 g/mol. The van der Waals surface area contributed by atoms with Crippen molar-refractivity contribution in [2.75, 3.05) is 13.6 Å². The highest BCUT2D eigenvalue weighted by Gasteiger charge is 2.21. The molecule has 0 aromatic heterocycles. The van der Waals surface area contributed by atoms with Gasteiger partial charge in [-0.3, -0.25) is 4.79 Å². The van der Waals surface area contributed by atoms with Crippen molar-refractivity contribution in [3.05, 3.63) is 0 Å². The van der Waals surface area contributed by atoms with Crippen LogP contribution in [0.5, 0.6) is 0 Å². The van der Waals surface area contributed by atoms with Crippen molar-refractivity contribution in [2.45, 2.75) is 18.9 Å². The summed E-state index contributed by atoms with van der Waals surface area (Å²) in [7, 11) is 1.60. The van der Waals surface area contributed by atoms with Crippen LogP contribution < -0.4 is 16.0 Å². The number of hydrogen-bond acceptors (Lipinski definition) is 2. The van der Waals surface area contributed by atoms with E-state index in [9.17, 15) is 4.79 Å². The van der Waals surface area contributed by atoms with Crippen LogP contribution in [0.2, 0.25) is 0 Å². The zero-order valence-corrected chi connectivity index (χ0v) is 7.83. The number of carbonyl (C=O) groups excluding carboxylic acids is 1. The second-order valence-electron chi connectivity index (χ2n) is 2.77. The van der Waals surface area contributed by atoms with Gasteiger partial charge in [-0.25, -0.2) is 0 Å². The highest BCUT2D eigenvalue weighted by Crippen LogP contribution is 2.18. The average Bonchev–Trinajstić information content (AvgIpc) is 2.84. The molecule has 68 valence electrons. The predicted molar refractivity (Wildman–Crippen MR) is 50.8 cm³/mol. The minimum absolute atomic E-state index is 0.0602. The van der Waals surface area contributed by atoms with Gasteiger partial charge >= 0.3 is 0 Å². The fourth-order valence-electron chi connectivity index (χ4n) is 0.713. The first-order valence-corrected chi connectivity index (χ1v) is 4.38. The predicted octanol–water partition coefficient (Wildman–Crippen LogP) is -0.641. The summed E-state index contributed by atoms with van der Waals surface area (Å²) in [6, 6.07) is 0.537. The molecule has 1 amide bonds. The van der Waals surface area contributed by atoms with E-state index < -0.39 is 0 Å². The molecule has 1 fully saturated rings. The van der Waals surface area contributed by atoms with Gasteiger partial charge < -0.3 is 16.0 Å². The molecule has 4 nitrogen and oxygen atoms in total. The topological polar surface area (TPSA) is 53.2 Å². The number of amides is 1. The van der Waals surface area contributed by atoms with Gasteiger partial charge in [0.25, 0.3) is 0 Å². The van der Waals surface area contributed by atoms with Gasteiger partial charge in [-0.2, -0.15) is 0 Å². The first kappa shape index (κ1) is 9.25. The van der Waals surface area contributed by atoms with E-state index in [0.29, 0.717) is 11.2 Å². The van der Waals surface area contributed by atoms with Crippen molar-refractivity contribution in [3.8, 4) is 0 Å². The Kier molecular flexibility index (Phi) is 3.28. The third-order valence-electron chi connectivity index (χ3n) is 1.60. The van der Waals surface area contributed by atoms with Crippen LogP contribution in [-0.2, 0) is 4.79 Å². The van der Waals surface area contributed by atoms with Crippen molar-refractivity contribution in [1.29, 1.82) is 0 Å². The van der Waals surface area contributed by atoms with Crippen molar-refractivity contribution < 1.29 is 4.79 Å².